The molecule has 3 aromatic rings. The summed E-state index contributed by atoms with van der Waals surface area (Å²) in [7, 11) is -1.43. The largest absolute Gasteiger partial charge is 0.496 e. The highest BCUT2D eigenvalue weighted by Gasteiger charge is 2.22. The minimum absolute atomic E-state index is 0.0676. The lowest BCUT2D eigenvalue weighted by Gasteiger charge is -2.09. The van der Waals surface area contributed by atoms with E-state index in [2.05, 4.69) is 9.13 Å². The van der Waals surface area contributed by atoms with E-state index >= 15 is 0 Å². The van der Waals surface area contributed by atoms with Gasteiger partial charge in [-0.05, 0) is 29.0 Å². The van der Waals surface area contributed by atoms with E-state index in [9.17, 15) is 13.2 Å². The van der Waals surface area contributed by atoms with E-state index in [1.54, 1.807) is 12.1 Å². The summed E-state index contributed by atoms with van der Waals surface area (Å²) in [5.41, 5.74) is 0.469. The van der Waals surface area contributed by atoms with Crippen LogP contribution < -0.4 is 4.74 Å². The molecule has 0 bridgehead atoms. The van der Waals surface area contributed by atoms with Gasteiger partial charge in [-0.2, -0.15) is 12.8 Å². The molecule has 0 aromatic heterocycles. The minimum atomic E-state index is -4.12. The Morgan fingerprint density at radius 3 is 2.41 bits per heavy atom. The van der Waals surface area contributed by atoms with Crippen LogP contribution in [0.5, 0.6) is 5.75 Å². The molecule has 27 heavy (non-hydrogen) atoms. The quantitative estimate of drug-likeness (QED) is 0.498. The Bertz CT molecular complexity index is 1140. The van der Waals surface area contributed by atoms with Crippen LogP contribution in [0.15, 0.2) is 70.0 Å². The maximum Gasteiger partial charge on any atom is 0.339 e. The molecule has 3 aromatic carbocycles. The van der Waals surface area contributed by atoms with Gasteiger partial charge in [0.2, 0.25) is 0 Å². The molecule has 0 saturated carbocycles. The molecule has 0 aliphatic carbocycles. The van der Waals surface area contributed by atoms with Crippen LogP contribution in [0.3, 0.4) is 0 Å². The lowest BCUT2D eigenvalue weighted by molar-refractivity contribution is 0.0596. The van der Waals surface area contributed by atoms with Crippen LogP contribution in [-0.2, 0) is 14.8 Å². The topological polar surface area (TPSA) is 82.0 Å². The average molecular weight is 383 g/mol. The van der Waals surface area contributed by atoms with Crippen molar-refractivity contribution in [3.8, 4) is 5.75 Å². The number of hydrogen-bond acceptors (Lipinski definition) is 5. The van der Waals surface area contributed by atoms with E-state index in [-0.39, 0.29) is 10.5 Å². The molecule has 3 rings (SSSR count). The summed E-state index contributed by atoms with van der Waals surface area (Å²) in [6.45, 7) is 0. The fraction of sp³-hybridized carbons (Fsp3) is 0.100. The number of fused-ring (bicyclic) bond motifs is 1. The summed E-state index contributed by atoms with van der Waals surface area (Å²) in [5, 5.41) is 1.73. The first-order chi connectivity index (χ1) is 13.0. The number of esters is 1. The third-order valence-electron chi connectivity index (χ3n) is 4.04. The molecule has 138 valence electrons. The zero-order valence-electron chi connectivity index (χ0n) is 14.7. The Kier molecular flexibility index (Phi) is 5.23. The Balaban J connectivity index is 2.12. The van der Waals surface area contributed by atoms with Crippen molar-refractivity contribution >= 4 is 33.0 Å². The lowest BCUT2D eigenvalue weighted by atomic mass is 10.0. The third kappa shape index (κ3) is 3.68. The molecule has 0 fully saturated rings. The molecule has 0 radical (unpaired) electrons. The second kappa shape index (κ2) is 7.59. The fourth-order valence-corrected chi connectivity index (χ4v) is 3.77. The Morgan fingerprint density at radius 1 is 0.963 bits per heavy atom. The molecule has 0 amide bonds. The van der Waals surface area contributed by atoms with E-state index in [1.807, 2.05) is 30.3 Å². The average Bonchev–Trinajstić information content (AvgIpc) is 2.71. The standard InChI is InChI=1S/C20H17NO5S/c1-25-18-12-11-14-7-3-4-8-15(14)17(18)13-21-27(23,24)19-10-6-5-9-16(19)20(22)26-2/h3-13H,1-2H3. The zero-order chi connectivity index (χ0) is 19.4. The molecule has 6 nitrogen and oxygen atoms in total. The van der Waals surface area contributed by atoms with E-state index in [0.717, 1.165) is 10.8 Å². The maximum absolute atomic E-state index is 12.7. The summed E-state index contributed by atoms with van der Waals surface area (Å²) < 4.78 is 39.3. The second-order valence-electron chi connectivity index (χ2n) is 5.60. The van der Waals surface area contributed by atoms with Crippen molar-refractivity contribution in [2.24, 2.45) is 4.40 Å². The SMILES string of the molecule is COC(=O)c1ccccc1S(=O)(=O)N=Cc1c(OC)ccc2ccccc12. The van der Waals surface area contributed by atoms with Gasteiger partial charge in [-0.25, -0.2) is 4.79 Å². The van der Waals surface area contributed by atoms with Gasteiger partial charge in [0.1, 0.15) is 10.6 Å². The van der Waals surface area contributed by atoms with Gasteiger partial charge >= 0.3 is 5.97 Å². The molecule has 0 aliphatic heterocycles. The Morgan fingerprint density at radius 2 is 1.67 bits per heavy atom. The summed E-state index contributed by atoms with van der Waals surface area (Å²) in [5.74, 6) is -0.249. The molecule has 0 aliphatic rings. The fourth-order valence-electron chi connectivity index (χ4n) is 2.74. The molecule has 0 heterocycles. The van der Waals surface area contributed by atoms with Crippen LogP contribution in [0.1, 0.15) is 15.9 Å². The summed E-state index contributed by atoms with van der Waals surface area (Å²) >= 11 is 0. The van der Waals surface area contributed by atoms with E-state index in [0.29, 0.717) is 11.3 Å². The molecule has 0 saturated heterocycles. The normalized spacial score (nSPS) is 11.6. The van der Waals surface area contributed by atoms with E-state index in [4.69, 9.17) is 4.74 Å². The number of hydrogen-bond donors (Lipinski definition) is 0. The lowest BCUT2D eigenvalue weighted by Crippen LogP contribution is -2.09. The van der Waals surface area contributed by atoms with Crippen molar-refractivity contribution in [2.75, 3.05) is 14.2 Å². The molecule has 0 N–H and O–H groups in total. The number of methoxy groups -OCH3 is 2. The van der Waals surface area contributed by atoms with Gasteiger partial charge in [-0.15, -0.1) is 0 Å². The molecule has 7 heteroatoms. The van der Waals surface area contributed by atoms with Crippen LogP contribution in [0.4, 0.5) is 0 Å². The second-order valence-corrected chi connectivity index (χ2v) is 7.20. The van der Waals surface area contributed by atoms with Gasteiger partial charge < -0.3 is 9.47 Å². The number of sulfonamides is 1. The smallest absolute Gasteiger partial charge is 0.339 e. The third-order valence-corrected chi connectivity index (χ3v) is 5.34. The first-order valence-corrected chi connectivity index (χ1v) is 9.45. The van der Waals surface area contributed by atoms with E-state index in [1.165, 1.54) is 38.6 Å². The summed E-state index contributed by atoms with van der Waals surface area (Å²) in [6.07, 6.45) is 1.24. The van der Waals surface area contributed by atoms with Crippen LogP contribution in [0.2, 0.25) is 0 Å². The predicted octanol–water partition coefficient (Wildman–Crippen LogP) is 3.44. The maximum atomic E-state index is 12.7. The van der Waals surface area contributed by atoms with Gasteiger partial charge in [0.25, 0.3) is 10.0 Å². The number of nitrogens with zero attached hydrogens (tertiary/aromatic N) is 1. The van der Waals surface area contributed by atoms with Gasteiger partial charge in [-0.1, -0.05) is 42.5 Å². The van der Waals surface area contributed by atoms with Crippen LogP contribution in [-0.4, -0.2) is 34.8 Å². The number of rotatable bonds is 5. The van der Waals surface area contributed by atoms with Crippen molar-refractivity contribution < 1.29 is 22.7 Å². The Hall–Kier alpha value is -3.19. The number of carbonyl (C=O) groups is 1. The molecular weight excluding hydrogens is 366 g/mol. The van der Waals surface area contributed by atoms with Gasteiger partial charge in [0.15, 0.2) is 0 Å². The van der Waals surface area contributed by atoms with Crippen molar-refractivity contribution in [2.45, 2.75) is 4.90 Å². The van der Waals surface area contributed by atoms with Crippen LogP contribution in [0.25, 0.3) is 10.8 Å². The van der Waals surface area contributed by atoms with Gasteiger partial charge in [-0.3, -0.25) is 0 Å². The highest BCUT2D eigenvalue weighted by atomic mass is 32.2. The highest BCUT2D eigenvalue weighted by Crippen LogP contribution is 2.27. The molecule has 0 atom stereocenters. The molecule has 0 spiro atoms. The highest BCUT2D eigenvalue weighted by molar-refractivity contribution is 7.90. The van der Waals surface area contributed by atoms with Gasteiger partial charge in [0.05, 0.1) is 26.0 Å². The van der Waals surface area contributed by atoms with Crippen LogP contribution in [0, 0.1) is 0 Å². The van der Waals surface area contributed by atoms with Crippen molar-refractivity contribution in [3.05, 3.63) is 71.8 Å². The Labute approximate surface area is 157 Å². The van der Waals surface area contributed by atoms with Crippen molar-refractivity contribution in [3.63, 3.8) is 0 Å². The number of carbonyl (C=O) groups excluding carboxylic acids is 1. The summed E-state index contributed by atoms with van der Waals surface area (Å²) in [6, 6.07) is 16.9. The van der Waals surface area contributed by atoms with Gasteiger partial charge in [0, 0.05) is 5.56 Å². The minimum Gasteiger partial charge on any atom is -0.496 e. The number of ether oxygens (including phenoxy) is 2. The van der Waals surface area contributed by atoms with Crippen molar-refractivity contribution in [1.82, 2.24) is 0 Å². The molecular formula is C20H17NO5S. The summed E-state index contributed by atoms with van der Waals surface area (Å²) in [4.78, 5) is 11.7. The zero-order valence-corrected chi connectivity index (χ0v) is 15.6. The molecule has 0 unspecified atom stereocenters. The monoisotopic (exact) mass is 383 g/mol. The first kappa shape index (κ1) is 18.6. The first-order valence-electron chi connectivity index (χ1n) is 8.01. The van der Waals surface area contributed by atoms with Crippen molar-refractivity contribution in [1.29, 1.82) is 0 Å². The van der Waals surface area contributed by atoms with Crippen LogP contribution >= 0.6 is 0 Å². The predicted molar refractivity (Wildman–Crippen MR) is 103 cm³/mol. The van der Waals surface area contributed by atoms with E-state index < -0.39 is 16.0 Å². The number of benzene rings is 3.